The van der Waals surface area contributed by atoms with Crippen LogP contribution in [0, 0.1) is 10.1 Å². The zero-order chi connectivity index (χ0) is 17.2. The van der Waals surface area contributed by atoms with E-state index in [2.05, 4.69) is 12.2 Å². The number of nitrogen functional groups attached to an aromatic ring is 1. The summed E-state index contributed by atoms with van der Waals surface area (Å²) in [5.74, 6) is 0.397. The van der Waals surface area contributed by atoms with E-state index in [4.69, 9.17) is 10.5 Å². The lowest BCUT2D eigenvalue weighted by Crippen LogP contribution is -2.52. The number of hydrogen-bond acceptors (Lipinski definition) is 6. The van der Waals surface area contributed by atoms with Crippen molar-refractivity contribution < 1.29 is 14.8 Å². The number of nitrogens with zero attached hydrogens (tertiary/aromatic N) is 1. The number of nitrogens with one attached hydrogen (secondary N) is 1. The zero-order valence-corrected chi connectivity index (χ0v) is 13.8. The molecule has 7 heteroatoms. The molecule has 0 aliphatic carbocycles. The Bertz CT molecular complexity index is 589. The highest BCUT2D eigenvalue weighted by molar-refractivity contribution is 5.65. The molecule has 1 aromatic carbocycles. The predicted octanol–water partition coefficient (Wildman–Crippen LogP) is 2.53. The van der Waals surface area contributed by atoms with Crippen LogP contribution in [0.2, 0.25) is 0 Å². The van der Waals surface area contributed by atoms with Gasteiger partial charge < -0.3 is 20.9 Å². The Kier molecular flexibility index (Phi) is 5.11. The van der Waals surface area contributed by atoms with Crippen LogP contribution >= 0.6 is 0 Å². The molecule has 23 heavy (non-hydrogen) atoms. The molecule has 1 aliphatic rings. The third-order valence-corrected chi connectivity index (χ3v) is 4.24. The molecule has 1 aliphatic heterocycles. The molecule has 2 rings (SSSR count). The second-order valence-electron chi connectivity index (χ2n) is 6.50. The summed E-state index contributed by atoms with van der Waals surface area (Å²) < 4.78 is 5.79. The summed E-state index contributed by atoms with van der Waals surface area (Å²) in [6, 6.07) is 2.51. The van der Waals surface area contributed by atoms with Gasteiger partial charge in [0.2, 0.25) is 0 Å². The van der Waals surface area contributed by atoms with E-state index in [1.165, 1.54) is 12.1 Å². The molecule has 0 aromatic heterocycles. The summed E-state index contributed by atoms with van der Waals surface area (Å²) >= 11 is 0. The van der Waals surface area contributed by atoms with Crippen molar-refractivity contribution in [3.8, 4) is 5.75 Å². The molecule has 0 fully saturated rings. The molecule has 0 spiro atoms. The molecule has 0 radical (unpaired) electrons. The molecule has 0 amide bonds. The summed E-state index contributed by atoms with van der Waals surface area (Å²) in [5.41, 5.74) is 5.50. The van der Waals surface area contributed by atoms with E-state index in [1.807, 2.05) is 0 Å². The lowest BCUT2D eigenvalue weighted by atomic mass is 9.86. The normalized spacial score (nSPS) is 22.3. The van der Waals surface area contributed by atoms with Crippen molar-refractivity contribution in [2.75, 3.05) is 12.3 Å². The third-order valence-electron chi connectivity index (χ3n) is 4.24. The van der Waals surface area contributed by atoms with Gasteiger partial charge in [-0.2, -0.15) is 0 Å². The van der Waals surface area contributed by atoms with Crippen LogP contribution in [0.4, 0.5) is 11.4 Å². The van der Waals surface area contributed by atoms with Crippen LogP contribution in [0.5, 0.6) is 5.75 Å². The number of hydrogen-bond donors (Lipinski definition) is 3. The fraction of sp³-hybridized carbons (Fsp3) is 0.625. The molecule has 7 nitrogen and oxygen atoms in total. The summed E-state index contributed by atoms with van der Waals surface area (Å²) in [7, 11) is 0. The first-order valence-electron chi connectivity index (χ1n) is 7.96. The van der Waals surface area contributed by atoms with Crippen LogP contribution in [-0.4, -0.2) is 28.3 Å². The van der Waals surface area contributed by atoms with Crippen LogP contribution < -0.4 is 15.8 Å². The Labute approximate surface area is 136 Å². The van der Waals surface area contributed by atoms with Crippen molar-refractivity contribution in [2.24, 2.45) is 0 Å². The fourth-order valence-corrected chi connectivity index (χ4v) is 2.86. The van der Waals surface area contributed by atoms with Crippen molar-refractivity contribution in [3.05, 3.63) is 27.8 Å². The van der Waals surface area contributed by atoms with Gasteiger partial charge in [-0.25, -0.2) is 0 Å². The lowest BCUT2D eigenvalue weighted by molar-refractivity contribution is -0.384. The smallest absolute Gasteiger partial charge is 0.295 e. The summed E-state index contributed by atoms with van der Waals surface area (Å²) in [6.07, 6.45) is 2.43. The standard InChI is InChI=1S/C16H25N3O4/c1-4-5-6-7-18-14-10-8-11(17)12(19(21)22)9-13(10)23-16(2,3)15(14)20/h8-9,14-15,18,20H,4-7,17H2,1-3H3/t14-,15+/m1/s1. The van der Waals surface area contributed by atoms with Gasteiger partial charge in [0.15, 0.2) is 0 Å². The number of ether oxygens (including phenoxy) is 1. The molecule has 2 atom stereocenters. The van der Waals surface area contributed by atoms with Gasteiger partial charge in [-0.05, 0) is 32.9 Å². The van der Waals surface area contributed by atoms with Crippen LogP contribution in [-0.2, 0) is 0 Å². The summed E-state index contributed by atoms with van der Waals surface area (Å²) in [6.45, 7) is 6.41. The van der Waals surface area contributed by atoms with Crippen molar-refractivity contribution in [1.29, 1.82) is 0 Å². The number of nitrogens with two attached hydrogens (primary N) is 1. The van der Waals surface area contributed by atoms with Crippen molar-refractivity contribution >= 4 is 11.4 Å². The van der Waals surface area contributed by atoms with Crippen LogP contribution in [0.1, 0.15) is 51.6 Å². The van der Waals surface area contributed by atoms with Gasteiger partial charge in [0.25, 0.3) is 5.69 Å². The highest BCUT2D eigenvalue weighted by Gasteiger charge is 2.43. The third kappa shape index (κ3) is 3.56. The van der Waals surface area contributed by atoms with E-state index >= 15 is 0 Å². The first-order chi connectivity index (χ1) is 10.8. The quantitative estimate of drug-likeness (QED) is 0.321. The molecular weight excluding hydrogens is 298 g/mol. The average Bonchev–Trinajstić information content (AvgIpc) is 2.47. The van der Waals surface area contributed by atoms with E-state index in [0.717, 1.165) is 25.8 Å². The predicted molar refractivity (Wildman–Crippen MR) is 88.5 cm³/mol. The molecule has 1 heterocycles. The Morgan fingerprint density at radius 3 is 2.74 bits per heavy atom. The number of unbranched alkanes of at least 4 members (excludes halogenated alkanes) is 2. The van der Waals surface area contributed by atoms with Gasteiger partial charge in [-0.15, -0.1) is 0 Å². The fourth-order valence-electron chi connectivity index (χ4n) is 2.86. The maximum atomic E-state index is 11.1. The van der Waals surface area contributed by atoms with Gasteiger partial charge in [-0.1, -0.05) is 19.8 Å². The molecular formula is C16H25N3O4. The number of fused-ring (bicyclic) bond motifs is 1. The van der Waals surface area contributed by atoms with E-state index in [1.54, 1.807) is 13.8 Å². The largest absolute Gasteiger partial charge is 0.484 e. The molecule has 1 aromatic rings. The number of benzene rings is 1. The molecule has 0 saturated heterocycles. The number of nitro benzene ring substituents is 1. The van der Waals surface area contributed by atoms with E-state index < -0.39 is 16.6 Å². The van der Waals surface area contributed by atoms with Gasteiger partial charge in [0.1, 0.15) is 23.1 Å². The monoisotopic (exact) mass is 323 g/mol. The Hall–Kier alpha value is -1.86. The maximum Gasteiger partial charge on any atom is 0.295 e. The van der Waals surface area contributed by atoms with E-state index in [9.17, 15) is 15.2 Å². The number of anilines is 1. The van der Waals surface area contributed by atoms with Crippen LogP contribution in [0.25, 0.3) is 0 Å². The van der Waals surface area contributed by atoms with Gasteiger partial charge in [-0.3, -0.25) is 10.1 Å². The van der Waals surface area contributed by atoms with Crippen LogP contribution in [0.3, 0.4) is 0 Å². The lowest BCUT2D eigenvalue weighted by Gasteiger charge is -2.42. The maximum absolute atomic E-state index is 11.1. The average molecular weight is 323 g/mol. The van der Waals surface area contributed by atoms with E-state index in [-0.39, 0.29) is 17.4 Å². The molecule has 128 valence electrons. The number of aliphatic hydroxyl groups is 1. The minimum atomic E-state index is -0.848. The molecule has 0 saturated carbocycles. The van der Waals surface area contributed by atoms with Gasteiger partial charge in [0.05, 0.1) is 17.0 Å². The second-order valence-corrected chi connectivity index (χ2v) is 6.50. The SMILES string of the molecule is CCCCCN[C@@H]1c2cc(N)c([N+](=O)[O-])cc2OC(C)(C)[C@H]1O. The highest BCUT2D eigenvalue weighted by Crippen LogP contribution is 2.43. The first-order valence-corrected chi connectivity index (χ1v) is 7.96. The molecule has 0 bridgehead atoms. The Morgan fingerprint density at radius 1 is 1.43 bits per heavy atom. The van der Waals surface area contributed by atoms with Crippen molar-refractivity contribution in [2.45, 2.75) is 57.8 Å². The molecule has 0 unspecified atom stereocenters. The van der Waals surface area contributed by atoms with Gasteiger partial charge in [0, 0.05) is 5.56 Å². The second kappa shape index (κ2) is 6.72. The Balaban J connectivity index is 2.35. The van der Waals surface area contributed by atoms with Crippen molar-refractivity contribution in [3.63, 3.8) is 0 Å². The number of aliphatic hydroxyl groups excluding tert-OH is 1. The first kappa shape index (κ1) is 17.5. The van der Waals surface area contributed by atoms with Crippen molar-refractivity contribution in [1.82, 2.24) is 5.32 Å². The highest BCUT2D eigenvalue weighted by atomic mass is 16.6. The van der Waals surface area contributed by atoms with E-state index in [0.29, 0.717) is 11.3 Å². The van der Waals surface area contributed by atoms with Gasteiger partial charge >= 0.3 is 0 Å². The number of rotatable bonds is 6. The minimum Gasteiger partial charge on any atom is -0.484 e. The Morgan fingerprint density at radius 2 is 2.13 bits per heavy atom. The summed E-state index contributed by atoms with van der Waals surface area (Å²) in [4.78, 5) is 10.5. The number of nitro groups is 1. The summed E-state index contributed by atoms with van der Waals surface area (Å²) in [5, 5.41) is 25.0. The molecule has 4 N–H and O–H groups in total. The topological polar surface area (TPSA) is 111 Å². The zero-order valence-electron chi connectivity index (χ0n) is 13.8. The minimum absolute atomic E-state index is 0.0737. The van der Waals surface area contributed by atoms with Crippen LogP contribution in [0.15, 0.2) is 12.1 Å².